The van der Waals surface area contributed by atoms with E-state index in [2.05, 4.69) is 138 Å². The number of hydrogen-bond donors (Lipinski definition) is 1. The summed E-state index contributed by atoms with van der Waals surface area (Å²) in [6, 6.07) is 21.1. The number of ketones is 1. The molecule has 1 N–H and O–H groups in total. The van der Waals surface area contributed by atoms with Gasteiger partial charge in [0.2, 0.25) is 0 Å². The van der Waals surface area contributed by atoms with E-state index in [0.29, 0.717) is 0 Å². The number of fused-ring (bicyclic) bond motifs is 2. The van der Waals surface area contributed by atoms with E-state index in [4.69, 9.17) is 4.98 Å². The molecule has 0 fully saturated rings. The summed E-state index contributed by atoms with van der Waals surface area (Å²) in [6.07, 6.45) is 3.08. The number of pyridine rings is 1. The van der Waals surface area contributed by atoms with Crippen LogP contribution in [0.2, 0.25) is 0 Å². The van der Waals surface area contributed by atoms with Gasteiger partial charge in [0.25, 0.3) is 0 Å². The number of rotatable bonds is 6. The molecule has 3 nitrogen and oxygen atoms in total. The summed E-state index contributed by atoms with van der Waals surface area (Å²) in [5, 5.41) is 14.1. The largest absolute Gasteiger partial charge is 0.512 e. The van der Waals surface area contributed by atoms with Gasteiger partial charge >= 0.3 is 0 Å². The van der Waals surface area contributed by atoms with E-state index in [1.807, 2.05) is 27.7 Å². The predicted octanol–water partition coefficient (Wildman–Crippen LogP) is 13.0. The number of benzene rings is 3. The molecule has 0 saturated carbocycles. The molecule has 0 aliphatic rings. The third-order valence-electron chi connectivity index (χ3n) is 8.88. The van der Waals surface area contributed by atoms with Crippen molar-refractivity contribution in [3.8, 4) is 11.3 Å². The van der Waals surface area contributed by atoms with Crippen molar-refractivity contribution in [2.45, 2.75) is 129 Å². The van der Waals surface area contributed by atoms with Crippen LogP contribution in [0.25, 0.3) is 32.9 Å². The maximum Gasteiger partial charge on any atom is 0.164 e. The van der Waals surface area contributed by atoms with Crippen molar-refractivity contribution in [2.24, 2.45) is 21.7 Å². The summed E-state index contributed by atoms with van der Waals surface area (Å²) in [7, 11) is 0. The third-order valence-corrected chi connectivity index (χ3v) is 8.88. The number of nitrogens with zero attached hydrogens (tertiary/aromatic N) is 1. The minimum atomic E-state index is -0.454. The van der Waals surface area contributed by atoms with Gasteiger partial charge in [-0.1, -0.05) is 131 Å². The molecule has 3 aromatic carbocycles. The number of aromatic nitrogens is 1. The molecule has 4 aromatic rings. The van der Waals surface area contributed by atoms with Gasteiger partial charge in [-0.25, -0.2) is 0 Å². The summed E-state index contributed by atoms with van der Waals surface area (Å²) in [5.41, 5.74) is 7.71. The van der Waals surface area contributed by atoms with Gasteiger partial charge in [0.15, 0.2) is 5.78 Å². The molecule has 0 amide bonds. The zero-order chi connectivity index (χ0) is 36.6. The molecule has 0 bridgehead atoms. The van der Waals surface area contributed by atoms with Crippen molar-refractivity contribution < 1.29 is 30.0 Å². The van der Waals surface area contributed by atoms with E-state index in [-0.39, 0.29) is 53.3 Å². The maximum atomic E-state index is 12.5. The van der Waals surface area contributed by atoms with Crippen LogP contribution in [0.4, 0.5) is 0 Å². The fourth-order valence-electron chi connectivity index (χ4n) is 7.46. The van der Waals surface area contributed by atoms with Crippen molar-refractivity contribution in [3.05, 3.63) is 88.7 Å². The van der Waals surface area contributed by atoms with Crippen LogP contribution >= 0.6 is 0 Å². The number of aryl methyl sites for hydroxylation is 3. The van der Waals surface area contributed by atoms with Gasteiger partial charge in [-0.05, 0) is 72.6 Å². The Hall–Kier alpha value is -2.81. The molecule has 49 heavy (non-hydrogen) atoms. The van der Waals surface area contributed by atoms with Gasteiger partial charge in [-0.2, -0.15) is 0 Å². The summed E-state index contributed by atoms with van der Waals surface area (Å²) in [5.74, 6) is 0.210. The third kappa shape index (κ3) is 11.3. The summed E-state index contributed by atoms with van der Waals surface area (Å²) >= 11 is 0. The smallest absolute Gasteiger partial charge is 0.164 e. The average Bonchev–Trinajstić information content (AvgIpc) is 2.88. The fourth-order valence-corrected chi connectivity index (χ4v) is 7.46. The Balaban J connectivity index is 0.000000346. The zero-order valence-corrected chi connectivity index (χ0v) is 35.6. The standard InChI is InChI=1S/C26H26N.C19H36O2.Ir/c1-16-11-17(2)25-18(3)13-23(27-24(25)12-16)20-14-19-9-7-8-10-21(19)22(15-20)26(4,5)6;1-16(2,3)12-18(7,8)14(20)11-15(21)19(9,10)13-17(4,5)6;/h7-13,15H,1-6H3;11,20H,12-13H2,1-10H3;/q-1;;/b;14-11-;. The van der Waals surface area contributed by atoms with Crippen LogP contribution < -0.4 is 0 Å². The van der Waals surface area contributed by atoms with E-state index in [0.717, 1.165) is 35.0 Å². The van der Waals surface area contributed by atoms with Gasteiger partial charge in [0.05, 0.1) is 5.52 Å². The maximum absolute atomic E-state index is 12.5. The van der Waals surface area contributed by atoms with E-state index in [9.17, 15) is 9.90 Å². The van der Waals surface area contributed by atoms with Gasteiger partial charge in [-0.15, -0.1) is 29.1 Å². The first-order valence-corrected chi connectivity index (χ1v) is 17.5. The second-order valence-corrected chi connectivity index (χ2v) is 18.8. The number of aliphatic hydroxyl groups excluding tert-OH is 1. The topological polar surface area (TPSA) is 50.2 Å². The van der Waals surface area contributed by atoms with E-state index in [1.54, 1.807) is 0 Å². The van der Waals surface area contributed by atoms with Crippen molar-refractivity contribution in [1.29, 1.82) is 0 Å². The minimum absolute atomic E-state index is 0. The minimum Gasteiger partial charge on any atom is -0.512 e. The van der Waals surface area contributed by atoms with Crippen LogP contribution in [-0.4, -0.2) is 15.9 Å². The number of carbonyl (C=O) groups excluding carboxylic acids is 1. The van der Waals surface area contributed by atoms with Crippen LogP contribution in [0.5, 0.6) is 0 Å². The second-order valence-electron chi connectivity index (χ2n) is 18.8. The zero-order valence-electron chi connectivity index (χ0n) is 33.2. The first-order chi connectivity index (χ1) is 21.7. The molecular formula is C45H62IrNO2-. The molecule has 1 heterocycles. The number of hydrogen-bond acceptors (Lipinski definition) is 3. The first kappa shape index (κ1) is 42.4. The molecule has 0 unspecified atom stereocenters. The van der Waals surface area contributed by atoms with E-state index >= 15 is 0 Å². The average molecular weight is 841 g/mol. The van der Waals surface area contributed by atoms with Gasteiger partial charge in [0.1, 0.15) is 5.76 Å². The number of allylic oxidation sites excluding steroid dienone is 2. The predicted molar refractivity (Wildman–Crippen MR) is 208 cm³/mol. The summed E-state index contributed by atoms with van der Waals surface area (Å²) in [6.45, 7) is 34.0. The van der Waals surface area contributed by atoms with Crippen LogP contribution in [0.3, 0.4) is 0 Å². The first-order valence-electron chi connectivity index (χ1n) is 17.5. The van der Waals surface area contributed by atoms with Gasteiger partial charge in [-0.3, -0.25) is 9.78 Å². The monoisotopic (exact) mass is 841 g/mol. The van der Waals surface area contributed by atoms with Crippen molar-refractivity contribution in [3.63, 3.8) is 0 Å². The Kier molecular flexibility index (Phi) is 13.1. The molecule has 0 aliphatic carbocycles. The van der Waals surface area contributed by atoms with E-state index in [1.165, 1.54) is 39.1 Å². The molecule has 269 valence electrons. The molecule has 4 rings (SSSR count). The molecule has 1 aromatic heterocycles. The Labute approximate surface area is 311 Å². The molecule has 0 atom stereocenters. The molecule has 4 heteroatoms. The van der Waals surface area contributed by atoms with Crippen molar-refractivity contribution in [1.82, 2.24) is 4.98 Å². The molecular weight excluding hydrogens is 779 g/mol. The quantitative estimate of drug-likeness (QED) is 0.120. The fraction of sp³-hybridized carbons (Fsp3) is 0.511. The molecule has 1 radical (unpaired) electrons. The molecule has 0 aliphatic heterocycles. The SMILES string of the molecule is CC(C)(C)CC(C)(C)C(=O)/C=C(\O)C(C)(C)CC(C)(C)C.Cc1cc(C)c2c(C)cc(-c3[c-]c4ccccc4c(C(C)(C)C)c3)nc2c1.[Ir]. The van der Waals surface area contributed by atoms with Crippen LogP contribution in [0.15, 0.2) is 60.4 Å². The van der Waals surface area contributed by atoms with Crippen molar-refractivity contribution >= 4 is 27.5 Å². The van der Waals surface area contributed by atoms with Gasteiger partial charge in [0, 0.05) is 48.1 Å². The second kappa shape index (κ2) is 15.2. The summed E-state index contributed by atoms with van der Waals surface area (Å²) < 4.78 is 0. The Bertz CT molecular complexity index is 1820. The summed E-state index contributed by atoms with van der Waals surface area (Å²) in [4.78, 5) is 17.6. The molecule has 0 saturated heterocycles. The Morgan fingerprint density at radius 2 is 1.29 bits per heavy atom. The van der Waals surface area contributed by atoms with Crippen LogP contribution in [0.1, 0.15) is 125 Å². The van der Waals surface area contributed by atoms with Crippen LogP contribution in [-0.2, 0) is 30.3 Å². The van der Waals surface area contributed by atoms with Crippen LogP contribution in [0, 0.1) is 48.5 Å². The van der Waals surface area contributed by atoms with Gasteiger partial charge < -0.3 is 5.11 Å². The van der Waals surface area contributed by atoms with E-state index < -0.39 is 5.41 Å². The number of aliphatic hydroxyl groups is 1. The van der Waals surface area contributed by atoms with Crippen molar-refractivity contribution in [2.75, 3.05) is 0 Å². The number of carbonyl (C=O) groups is 1. The Morgan fingerprint density at radius 3 is 1.84 bits per heavy atom. The normalized spacial score (nSPS) is 13.2. The Morgan fingerprint density at radius 1 is 0.755 bits per heavy atom. The molecule has 0 spiro atoms.